The van der Waals surface area contributed by atoms with Gasteiger partial charge in [0.1, 0.15) is 0 Å². The van der Waals surface area contributed by atoms with Gasteiger partial charge in [0, 0.05) is 66.0 Å². The minimum atomic E-state index is -0.0965. The number of carbonyl (C=O) groups is 1. The maximum atomic E-state index is 13.5. The number of amides is 1. The third-order valence-electron chi connectivity index (χ3n) is 6.91. The van der Waals surface area contributed by atoms with Crippen molar-refractivity contribution >= 4 is 27.7 Å². The summed E-state index contributed by atoms with van der Waals surface area (Å²) in [6.07, 6.45) is 4.74. The van der Waals surface area contributed by atoms with E-state index in [-0.39, 0.29) is 11.9 Å². The lowest BCUT2D eigenvalue weighted by Crippen LogP contribution is -2.38. The van der Waals surface area contributed by atoms with Crippen LogP contribution in [0.2, 0.25) is 0 Å². The van der Waals surface area contributed by atoms with Gasteiger partial charge in [0.25, 0.3) is 5.91 Å². The first-order valence-corrected chi connectivity index (χ1v) is 11.3. The molecular weight excluding hydrogens is 410 g/mol. The fourth-order valence-electron chi connectivity index (χ4n) is 5.26. The molecule has 0 saturated carbocycles. The first kappa shape index (κ1) is 19.7. The second-order valence-corrected chi connectivity index (χ2v) is 8.84. The predicted molar refractivity (Wildman–Crippen MR) is 130 cm³/mol. The summed E-state index contributed by atoms with van der Waals surface area (Å²) in [6, 6.07) is 18.0. The zero-order valence-electron chi connectivity index (χ0n) is 19.0. The molecule has 2 aromatic carbocycles. The van der Waals surface area contributed by atoms with Crippen LogP contribution in [0.4, 0.5) is 0 Å². The molecule has 1 unspecified atom stereocenters. The molecule has 3 aromatic heterocycles. The molecule has 6 rings (SSSR count). The van der Waals surface area contributed by atoms with E-state index in [2.05, 4.69) is 54.0 Å². The van der Waals surface area contributed by atoms with Crippen LogP contribution in [0.25, 0.3) is 33.1 Å². The Labute approximate surface area is 192 Å². The zero-order chi connectivity index (χ0) is 22.7. The Morgan fingerprint density at radius 2 is 1.91 bits per heavy atom. The number of para-hydroxylation sites is 1. The molecular formula is C27H25N5O. The number of pyridine rings is 1. The summed E-state index contributed by atoms with van der Waals surface area (Å²) in [5.41, 5.74) is 7.36. The quantitative estimate of drug-likeness (QED) is 0.397. The summed E-state index contributed by atoms with van der Waals surface area (Å²) < 4.78 is 4.15. The van der Waals surface area contributed by atoms with Gasteiger partial charge in [0.15, 0.2) is 0 Å². The normalized spacial score (nSPS) is 15.8. The van der Waals surface area contributed by atoms with Crippen molar-refractivity contribution in [3.05, 3.63) is 83.8 Å². The van der Waals surface area contributed by atoms with E-state index in [9.17, 15) is 4.79 Å². The van der Waals surface area contributed by atoms with Crippen LogP contribution in [0.3, 0.4) is 0 Å². The highest BCUT2D eigenvalue weighted by Crippen LogP contribution is 2.39. The highest BCUT2D eigenvalue weighted by Gasteiger charge is 2.34. The second kappa shape index (κ2) is 7.30. The number of hydrogen-bond acceptors (Lipinski definition) is 3. The van der Waals surface area contributed by atoms with E-state index in [0.29, 0.717) is 12.1 Å². The van der Waals surface area contributed by atoms with Gasteiger partial charge in [-0.25, -0.2) is 0 Å². The van der Waals surface area contributed by atoms with Crippen molar-refractivity contribution in [2.45, 2.75) is 19.4 Å². The van der Waals surface area contributed by atoms with Crippen molar-refractivity contribution in [1.29, 1.82) is 0 Å². The third-order valence-corrected chi connectivity index (χ3v) is 6.91. The lowest BCUT2D eigenvalue weighted by Gasteiger charge is -2.33. The molecule has 0 fully saturated rings. The fourth-order valence-corrected chi connectivity index (χ4v) is 5.26. The smallest absolute Gasteiger partial charge is 0.254 e. The standard InChI is InChI=1S/C27H25N5O/c1-17-25-21(26(31(3)29-25)22-16-30(2)24-9-5-4-8-20(22)24)12-14-32(17)27(33)19-10-11-23-18(15-19)7-6-13-28-23/h4-11,13,15-17H,12,14H2,1-3H3. The summed E-state index contributed by atoms with van der Waals surface area (Å²) in [7, 11) is 4.08. The molecule has 5 aromatic rings. The van der Waals surface area contributed by atoms with Crippen molar-refractivity contribution in [2.75, 3.05) is 6.54 Å². The Kier molecular flexibility index (Phi) is 4.37. The Bertz CT molecular complexity index is 1540. The summed E-state index contributed by atoms with van der Waals surface area (Å²) in [5.74, 6) is 0.0382. The van der Waals surface area contributed by atoms with Crippen LogP contribution in [-0.2, 0) is 20.5 Å². The SMILES string of the molecule is CC1c2nn(C)c(-c3cn(C)c4ccccc34)c2CCN1C(=O)c1ccc2ncccc2c1. The number of nitrogens with zero attached hydrogens (tertiary/aromatic N) is 5. The molecule has 0 radical (unpaired) electrons. The van der Waals surface area contributed by atoms with Gasteiger partial charge >= 0.3 is 0 Å². The average molecular weight is 436 g/mol. The molecule has 164 valence electrons. The van der Waals surface area contributed by atoms with Gasteiger partial charge < -0.3 is 9.47 Å². The van der Waals surface area contributed by atoms with E-state index in [1.165, 1.54) is 22.0 Å². The number of carbonyl (C=O) groups excluding carboxylic acids is 1. The number of aromatic nitrogens is 4. The first-order chi connectivity index (χ1) is 16.0. The molecule has 0 spiro atoms. The lowest BCUT2D eigenvalue weighted by molar-refractivity contribution is 0.0674. The van der Waals surface area contributed by atoms with Crippen LogP contribution in [0.5, 0.6) is 0 Å². The summed E-state index contributed by atoms with van der Waals surface area (Å²) >= 11 is 0. The average Bonchev–Trinajstić information content (AvgIpc) is 3.35. The van der Waals surface area contributed by atoms with Gasteiger partial charge in [-0.3, -0.25) is 14.5 Å². The van der Waals surface area contributed by atoms with Crippen molar-refractivity contribution in [2.24, 2.45) is 14.1 Å². The lowest BCUT2D eigenvalue weighted by atomic mass is 9.95. The molecule has 1 aliphatic heterocycles. The minimum Gasteiger partial charge on any atom is -0.350 e. The zero-order valence-corrected chi connectivity index (χ0v) is 19.0. The van der Waals surface area contributed by atoms with Crippen molar-refractivity contribution in [3.8, 4) is 11.3 Å². The summed E-state index contributed by atoms with van der Waals surface area (Å²) in [6.45, 7) is 2.75. The van der Waals surface area contributed by atoms with Gasteiger partial charge in [0.05, 0.1) is 22.9 Å². The van der Waals surface area contributed by atoms with Gasteiger partial charge in [-0.15, -0.1) is 0 Å². The molecule has 1 amide bonds. The van der Waals surface area contributed by atoms with Crippen LogP contribution < -0.4 is 0 Å². The van der Waals surface area contributed by atoms with E-state index in [0.717, 1.165) is 28.7 Å². The van der Waals surface area contributed by atoms with Crippen LogP contribution in [0.15, 0.2) is 67.0 Å². The Hall–Kier alpha value is -3.93. The molecule has 1 aliphatic rings. The maximum Gasteiger partial charge on any atom is 0.254 e. The maximum absolute atomic E-state index is 13.5. The molecule has 4 heterocycles. The second-order valence-electron chi connectivity index (χ2n) is 8.84. The monoisotopic (exact) mass is 435 g/mol. The van der Waals surface area contributed by atoms with E-state index >= 15 is 0 Å². The van der Waals surface area contributed by atoms with E-state index in [1.54, 1.807) is 6.20 Å². The molecule has 6 nitrogen and oxygen atoms in total. The number of aryl methyl sites for hydroxylation is 2. The van der Waals surface area contributed by atoms with Gasteiger partial charge in [-0.1, -0.05) is 24.3 Å². The molecule has 0 aliphatic carbocycles. The molecule has 33 heavy (non-hydrogen) atoms. The van der Waals surface area contributed by atoms with Crippen LogP contribution in [0.1, 0.15) is 34.6 Å². The van der Waals surface area contributed by atoms with Crippen molar-refractivity contribution in [3.63, 3.8) is 0 Å². The number of benzene rings is 2. The Morgan fingerprint density at radius 3 is 2.79 bits per heavy atom. The van der Waals surface area contributed by atoms with Crippen LogP contribution in [0, 0.1) is 0 Å². The van der Waals surface area contributed by atoms with Gasteiger partial charge in [-0.05, 0) is 43.7 Å². The third kappa shape index (κ3) is 2.98. The first-order valence-electron chi connectivity index (χ1n) is 11.3. The van der Waals surface area contributed by atoms with Crippen LogP contribution in [-0.4, -0.2) is 36.7 Å². The highest BCUT2D eigenvalue weighted by molar-refractivity contribution is 5.99. The Balaban J connectivity index is 1.39. The van der Waals surface area contributed by atoms with Crippen LogP contribution >= 0.6 is 0 Å². The number of rotatable bonds is 2. The fraction of sp³-hybridized carbons (Fsp3) is 0.222. The Morgan fingerprint density at radius 1 is 1.06 bits per heavy atom. The van der Waals surface area contributed by atoms with E-state index < -0.39 is 0 Å². The molecule has 0 bridgehead atoms. The van der Waals surface area contributed by atoms with Crippen molar-refractivity contribution < 1.29 is 4.79 Å². The molecule has 1 atom stereocenters. The topological polar surface area (TPSA) is 56.0 Å². The minimum absolute atomic E-state index is 0.0382. The number of fused-ring (bicyclic) bond motifs is 3. The van der Waals surface area contributed by atoms with E-state index in [4.69, 9.17) is 5.10 Å². The van der Waals surface area contributed by atoms with Crippen molar-refractivity contribution in [1.82, 2.24) is 24.2 Å². The molecule has 0 saturated heterocycles. The molecule has 6 heteroatoms. The van der Waals surface area contributed by atoms with Gasteiger partial charge in [-0.2, -0.15) is 5.10 Å². The van der Waals surface area contributed by atoms with E-state index in [1.807, 2.05) is 47.0 Å². The number of hydrogen-bond donors (Lipinski definition) is 0. The van der Waals surface area contributed by atoms with Gasteiger partial charge in [0.2, 0.25) is 0 Å². The highest BCUT2D eigenvalue weighted by atomic mass is 16.2. The predicted octanol–water partition coefficient (Wildman–Crippen LogP) is 4.89. The largest absolute Gasteiger partial charge is 0.350 e. The summed E-state index contributed by atoms with van der Waals surface area (Å²) in [4.78, 5) is 19.8. The molecule has 0 N–H and O–H groups in total. The summed E-state index contributed by atoms with van der Waals surface area (Å²) in [5, 5.41) is 7.10.